The molecule has 0 spiro atoms. The van der Waals surface area contributed by atoms with E-state index in [1.54, 1.807) is 24.5 Å². The average molecular weight is 259 g/mol. The van der Waals surface area contributed by atoms with Gasteiger partial charge in [0.25, 0.3) is 0 Å². The van der Waals surface area contributed by atoms with E-state index in [1.165, 1.54) is 12.1 Å². The minimum atomic E-state index is -0.990. The molecule has 0 saturated heterocycles. The lowest BCUT2D eigenvalue weighted by atomic mass is 10.2. The molecule has 98 valence electrons. The van der Waals surface area contributed by atoms with E-state index in [9.17, 15) is 9.59 Å². The number of carboxylic acid groups (broad SMARTS) is 1. The number of nitrogens with one attached hydrogen (secondary N) is 1. The van der Waals surface area contributed by atoms with Gasteiger partial charge in [0.05, 0.1) is 11.8 Å². The number of carboxylic acids is 1. The molecule has 0 atom stereocenters. The van der Waals surface area contributed by atoms with E-state index in [0.717, 1.165) is 5.76 Å². The van der Waals surface area contributed by atoms with Crippen LogP contribution in [0.2, 0.25) is 0 Å². The monoisotopic (exact) mass is 259 g/mol. The normalized spacial score (nSPS) is 10.1. The number of anilines is 1. The number of rotatable bonds is 5. The smallest absolute Gasteiger partial charge is 0.335 e. The van der Waals surface area contributed by atoms with Crippen LogP contribution in [0.3, 0.4) is 0 Å². The molecule has 0 aliphatic heterocycles. The summed E-state index contributed by atoms with van der Waals surface area (Å²) in [4.78, 5) is 22.3. The Hall–Kier alpha value is -2.56. The van der Waals surface area contributed by atoms with Gasteiger partial charge in [-0.2, -0.15) is 0 Å². The van der Waals surface area contributed by atoms with Gasteiger partial charge in [0.1, 0.15) is 5.76 Å². The summed E-state index contributed by atoms with van der Waals surface area (Å²) in [5, 5.41) is 11.4. The van der Waals surface area contributed by atoms with Gasteiger partial charge in [-0.3, -0.25) is 4.79 Å². The minimum Gasteiger partial charge on any atom is -0.478 e. The molecule has 19 heavy (non-hydrogen) atoms. The molecule has 2 rings (SSSR count). The zero-order valence-corrected chi connectivity index (χ0v) is 10.1. The van der Waals surface area contributed by atoms with Crippen LogP contribution in [0.15, 0.2) is 47.1 Å². The van der Waals surface area contributed by atoms with Gasteiger partial charge in [0, 0.05) is 18.5 Å². The van der Waals surface area contributed by atoms with Crippen LogP contribution in [0.1, 0.15) is 22.5 Å². The predicted molar refractivity (Wildman–Crippen MR) is 69.1 cm³/mol. The summed E-state index contributed by atoms with van der Waals surface area (Å²) < 4.78 is 5.13. The van der Waals surface area contributed by atoms with E-state index in [1.807, 2.05) is 6.07 Å². The maximum atomic E-state index is 11.7. The van der Waals surface area contributed by atoms with Crippen molar-refractivity contribution in [3.8, 4) is 0 Å². The molecular weight excluding hydrogens is 246 g/mol. The highest BCUT2D eigenvalue weighted by Gasteiger charge is 2.06. The molecule has 5 heteroatoms. The predicted octanol–water partition coefficient (Wildman–Crippen LogP) is 2.55. The topological polar surface area (TPSA) is 79.5 Å². The van der Waals surface area contributed by atoms with E-state index >= 15 is 0 Å². The van der Waals surface area contributed by atoms with Crippen molar-refractivity contribution >= 4 is 17.6 Å². The van der Waals surface area contributed by atoms with Crippen molar-refractivity contribution in [1.29, 1.82) is 0 Å². The molecule has 0 radical (unpaired) electrons. The maximum absolute atomic E-state index is 11.7. The van der Waals surface area contributed by atoms with E-state index in [4.69, 9.17) is 9.52 Å². The molecule has 1 heterocycles. The number of furan rings is 1. The van der Waals surface area contributed by atoms with Crippen LogP contribution in [-0.2, 0) is 11.2 Å². The number of amides is 1. The summed E-state index contributed by atoms with van der Waals surface area (Å²) in [5.41, 5.74) is 0.767. The first-order chi connectivity index (χ1) is 9.15. The molecule has 0 saturated carbocycles. The summed E-state index contributed by atoms with van der Waals surface area (Å²) in [5.74, 6) is -0.369. The lowest BCUT2D eigenvalue weighted by Gasteiger charge is -2.04. The Kier molecular flexibility index (Phi) is 3.97. The Balaban J connectivity index is 1.86. The Morgan fingerprint density at radius 3 is 2.47 bits per heavy atom. The zero-order chi connectivity index (χ0) is 13.7. The highest BCUT2D eigenvalue weighted by Crippen LogP contribution is 2.11. The number of aryl methyl sites for hydroxylation is 1. The highest BCUT2D eigenvalue weighted by molar-refractivity contribution is 5.92. The van der Waals surface area contributed by atoms with Crippen LogP contribution in [-0.4, -0.2) is 17.0 Å². The number of hydrogen-bond acceptors (Lipinski definition) is 3. The molecule has 1 amide bonds. The van der Waals surface area contributed by atoms with Crippen LogP contribution in [0.5, 0.6) is 0 Å². The molecule has 1 aromatic carbocycles. The quantitative estimate of drug-likeness (QED) is 0.864. The SMILES string of the molecule is O=C(CCc1ccco1)Nc1ccc(C(=O)O)cc1. The van der Waals surface area contributed by atoms with Crippen LogP contribution in [0.25, 0.3) is 0 Å². The lowest BCUT2D eigenvalue weighted by molar-refractivity contribution is -0.116. The first kappa shape index (κ1) is 12.9. The molecule has 0 unspecified atom stereocenters. The maximum Gasteiger partial charge on any atom is 0.335 e. The summed E-state index contributed by atoms with van der Waals surface area (Å²) in [6, 6.07) is 9.62. The number of carbonyl (C=O) groups excluding carboxylic acids is 1. The third-order valence-electron chi connectivity index (χ3n) is 2.59. The third kappa shape index (κ3) is 3.70. The van der Waals surface area contributed by atoms with E-state index < -0.39 is 5.97 Å². The molecule has 0 aliphatic rings. The van der Waals surface area contributed by atoms with Crippen molar-refractivity contribution in [2.24, 2.45) is 0 Å². The van der Waals surface area contributed by atoms with Gasteiger partial charge >= 0.3 is 5.97 Å². The van der Waals surface area contributed by atoms with Gasteiger partial charge in [-0.15, -0.1) is 0 Å². The van der Waals surface area contributed by atoms with E-state index in [2.05, 4.69) is 5.32 Å². The molecule has 0 bridgehead atoms. The summed E-state index contributed by atoms with van der Waals surface area (Å²) in [6.45, 7) is 0. The second kappa shape index (κ2) is 5.86. The number of aromatic carboxylic acids is 1. The summed E-state index contributed by atoms with van der Waals surface area (Å²) in [6.07, 6.45) is 2.41. The minimum absolute atomic E-state index is 0.139. The standard InChI is InChI=1S/C14H13NO4/c16-13(8-7-12-2-1-9-19-12)15-11-5-3-10(4-6-11)14(17)18/h1-6,9H,7-8H2,(H,15,16)(H,17,18). The first-order valence-electron chi connectivity index (χ1n) is 5.81. The highest BCUT2D eigenvalue weighted by atomic mass is 16.4. The molecule has 0 aliphatic carbocycles. The Bertz CT molecular complexity index is 558. The zero-order valence-electron chi connectivity index (χ0n) is 10.1. The molecule has 1 aromatic heterocycles. The molecule has 2 N–H and O–H groups in total. The number of hydrogen-bond donors (Lipinski definition) is 2. The fourth-order valence-corrected chi connectivity index (χ4v) is 1.61. The fourth-order valence-electron chi connectivity index (χ4n) is 1.61. The van der Waals surface area contributed by atoms with Crippen LogP contribution >= 0.6 is 0 Å². The largest absolute Gasteiger partial charge is 0.478 e. The van der Waals surface area contributed by atoms with Gasteiger partial charge in [-0.1, -0.05) is 0 Å². The van der Waals surface area contributed by atoms with Gasteiger partial charge in [0.2, 0.25) is 5.91 Å². The number of carbonyl (C=O) groups is 2. The van der Waals surface area contributed by atoms with Crippen molar-refractivity contribution in [3.05, 3.63) is 54.0 Å². The van der Waals surface area contributed by atoms with Crippen LogP contribution in [0.4, 0.5) is 5.69 Å². The van der Waals surface area contributed by atoms with Crippen molar-refractivity contribution in [2.45, 2.75) is 12.8 Å². The van der Waals surface area contributed by atoms with Crippen LogP contribution in [0, 0.1) is 0 Å². The van der Waals surface area contributed by atoms with Gasteiger partial charge in [-0.05, 0) is 36.4 Å². The summed E-state index contributed by atoms with van der Waals surface area (Å²) >= 11 is 0. The molecular formula is C14H13NO4. The van der Waals surface area contributed by atoms with Gasteiger partial charge < -0.3 is 14.8 Å². The van der Waals surface area contributed by atoms with Crippen molar-refractivity contribution in [3.63, 3.8) is 0 Å². The molecule has 2 aromatic rings. The Morgan fingerprint density at radius 1 is 1.16 bits per heavy atom. The third-order valence-corrected chi connectivity index (χ3v) is 2.59. The van der Waals surface area contributed by atoms with Gasteiger partial charge in [-0.25, -0.2) is 4.79 Å². The van der Waals surface area contributed by atoms with Crippen LogP contribution < -0.4 is 5.32 Å². The average Bonchev–Trinajstić information content (AvgIpc) is 2.90. The first-order valence-corrected chi connectivity index (χ1v) is 5.81. The molecule has 5 nitrogen and oxygen atoms in total. The Labute approximate surface area is 109 Å². The van der Waals surface area contributed by atoms with Gasteiger partial charge in [0.15, 0.2) is 0 Å². The van der Waals surface area contributed by atoms with E-state index in [-0.39, 0.29) is 11.5 Å². The van der Waals surface area contributed by atoms with Crippen molar-refractivity contribution in [1.82, 2.24) is 0 Å². The lowest BCUT2D eigenvalue weighted by Crippen LogP contribution is -2.12. The second-order valence-corrected chi connectivity index (χ2v) is 4.01. The fraction of sp³-hybridized carbons (Fsp3) is 0.143. The second-order valence-electron chi connectivity index (χ2n) is 4.01. The Morgan fingerprint density at radius 2 is 1.89 bits per heavy atom. The van der Waals surface area contributed by atoms with E-state index in [0.29, 0.717) is 18.5 Å². The summed E-state index contributed by atoms with van der Waals surface area (Å²) in [7, 11) is 0. The van der Waals surface area contributed by atoms with Crippen molar-refractivity contribution in [2.75, 3.05) is 5.32 Å². The van der Waals surface area contributed by atoms with Crippen molar-refractivity contribution < 1.29 is 19.1 Å². The number of benzene rings is 1. The molecule has 0 fully saturated rings.